The Morgan fingerprint density at radius 3 is 2.43 bits per heavy atom. The third-order valence-corrected chi connectivity index (χ3v) is 5.43. The lowest BCUT2D eigenvalue weighted by Crippen LogP contribution is -2.41. The first-order valence-corrected chi connectivity index (χ1v) is 10.4. The Morgan fingerprint density at radius 2 is 1.77 bits per heavy atom. The minimum Gasteiger partial charge on any atom is -0.352 e. The van der Waals surface area contributed by atoms with Crippen molar-refractivity contribution in [3.05, 3.63) is 65.2 Å². The number of hydrogen-bond donors (Lipinski definition) is 2. The minimum atomic E-state index is -0.235. The Hall–Kier alpha value is -3.15. The number of carbonyl (C=O) groups is 3. The van der Waals surface area contributed by atoms with Gasteiger partial charge in [0, 0.05) is 31.6 Å². The van der Waals surface area contributed by atoms with Crippen LogP contribution in [0.15, 0.2) is 48.5 Å². The van der Waals surface area contributed by atoms with E-state index in [0.29, 0.717) is 13.1 Å². The topological polar surface area (TPSA) is 78.5 Å². The van der Waals surface area contributed by atoms with Gasteiger partial charge in [0.25, 0.3) is 0 Å². The molecule has 0 radical (unpaired) electrons. The number of fused-ring (bicyclic) bond motifs is 1. The molecule has 0 saturated heterocycles. The van der Waals surface area contributed by atoms with Gasteiger partial charge in [-0.05, 0) is 35.2 Å². The molecule has 1 unspecified atom stereocenters. The molecule has 0 bridgehead atoms. The lowest BCUT2D eigenvalue weighted by atomic mass is 9.90. The van der Waals surface area contributed by atoms with Gasteiger partial charge in [0.1, 0.15) is 0 Å². The van der Waals surface area contributed by atoms with Crippen LogP contribution in [-0.2, 0) is 27.3 Å². The zero-order chi connectivity index (χ0) is 21.7. The first-order valence-electron chi connectivity index (χ1n) is 10.4. The van der Waals surface area contributed by atoms with Crippen LogP contribution in [0.2, 0.25) is 0 Å². The molecular formula is C24H29N3O3. The number of amides is 3. The van der Waals surface area contributed by atoms with E-state index in [1.54, 1.807) is 11.8 Å². The van der Waals surface area contributed by atoms with E-state index < -0.39 is 0 Å². The Morgan fingerprint density at radius 1 is 1.07 bits per heavy atom. The Labute approximate surface area is 177 Å². The van der Waals surface area contributed by atoms with E-state index in [2.05, 4.69) is 16.7 Å². The average molecular weight is 408 g/mol. The molecule has 1 aliphatic rings. The zero-order valence-electron chi connectivity index (χ0n) is 17.8. The van der Waals surface area contributed by atoms with Gasteiger partial charge < -0.3 is 15.5 Å². The second kappa shape index (κ2) is 9.57. The van der Waals surface area contributed by atoms with E-state index >= 15 is 0 Å². The van der Waals surface area contributed by atoms with Gasteiger partial charge >= 0.3 is 0 Å². The van der Waals surface area contributed by atoms with E-state index in [1.165, 1.54) is 5.56 Å². The summed E-state index contributed by atoms with van der Waals surface area (Å²) in [6.07, 6.45) is 1.05. The molecule has 30 heavy (non-hydrogen) atoms. The first kappa shape index (κ1) is 21.6. The van der Waals surface area contributed by atoms with Crippen LogP contribution in [0.5, 0.6) is 0 Å². The summed E-state index contributed by atoms with van der Waals surface area (Å²) in [5.74, 6) is -0.219. The van der Waals surface area contributed by atoms with Crippen LogP contribution in [0.3, 0.4) is 0 Å². The van der Waals surface area contributed by atoms with Gasteiger partial charge in [-0.2, -0.15) is 0 Å². The Balaban J connectivity index is 1.60. The predicted octanol–water partition coefficient (Wildman–Crippen LogP) is 3.43. The highest BCUT2D eigenvalue weighted by Gasteiger charge is 2.30. The van der Waals surface area contributed by atoms with E-state index in [0.717, 1.165) is 23.2 Å². The molecule has 0 aliphatic carbocycles. The lowest BCUT2D eigenvalue weighted by molar-refractivity contribution is -0.133. The molecule has 0 fully saturated rings. The van der Waals surface area contributed by atoms with E-state index in [-0.39, 0.29) is 36.1 Å². The number of nitrogens with zero attached hydrogens (tertiary/aromatic N) is 1. The molecule has 1 atom stereocenters. The van der Waals surface area contributed by atoms with Crippen molar-refractivity contribution < 1.29 is 14.4 Å². The number of rotatable bonds is 6. The molecule has 2 aromatic rings. The molecule has 1 aliphatic heterocycles. The van der Waals surface area contributed by atoms with Gasteiger partial charge in [-0.3, -0.25) is 14.4 Å². The molecule has 2 N–H and O–H groups in total. The standard InChI is InChI=1S/C24H29N3O3/c1-16(2)24(30)26-20-10-8-18(9-11-20)15-25-23(29)14-22-21-7-5-4-6-19(21)12-13-27(22)17(3)28/h4-11,16,22H,12-15H2,1-3H3,(H,25,29)(H,26,30). The van der Waals surface area contributed by atoms with Crippen LogP contribution in [0.1, 0.15) is 49.9 Å². The number of hydrogen-bond acceptors (Lipinski definition) is 3. The van der Waals surface area contributed by atoms with Gasteiger partial charge in [-0.15, -0.1) is 0 Å². The fourth-order valence-electron chi connectivity index (χ4n) is 3.69. The van der Waals surface area contributed by atoms with Crippen molar-refractivity contribution >= 4 is 23.4 Å². The number of anilines is 1. The van der Waals surface area contributed by atoms with Gasteiger partial charge in [0.2, 0.25) is 17.7 Å². The quantitative estimate of drug-likeness (QED) is 0.770. The van der Waals surface area contributed by atoms with Crippen molar-refractivity contribution in [3.8, 4) is 0 Å². The van der Waals surface area contributed by atoms with Crippen molar-refractivity contribution in [3.63, 3.8) is 0 Å². The van der Waals surface area contributed by atoms with Crippen LogP contribution < -0.4 is 10.6 Å². The molecule has 2 aromatic carbocycles. The van der Waals surface area contributed by atoms with E-state index in [4.69, 9.17) is 0 Å². The van der Waals surface area contributed by atoms with Crippen molar-refractivity contribution in [1.29, 1.82) is 0 Å². The van der Waals surface area contributed by atoms with Crippen molar-refractivity contribution in [2.75, 3.05) is 11.9 Å². The van der Waals surface area contributed by atoms with Crippen LogP contribution in [0.25, 0.3) is 0 Å². The summed E-state index contributed by atoms with van der Waals surface area (Å²) in [5.41, 5.74) is 3.93. The average Bonchev–Trinajstić information content (AvgIpc) is 2.73. The highest BCUT2D eigenvalue weighted by atomic mass is 16.2. The second-order valence-corrected chi connectivity index (χ2v) is 8.00. The van der Waals surface area contributed by atoms with Crippen LogP contribution >= 0.6 is 0 Å². The summed E-state index contributed by atoms with van der Waals surface area (Å²) in [6, 6.07) is 15.2. The number of nitrogens with one attached hydrogen (secondary N) is 2. The third-order valence-electron chi connectivity index (χ3n) is 5.43. The molecule has 3 rings (SSSR count). The summed E-state index contributed by atoms with van der Waals surface area (Å²) < 4.78 is 0. The SMILES string of the molecule is CC(=O)N1CCc2ccccc2C1CC(=O)NCc1ccc(NC(=O)C(C)C)cc1. The molecule has 158 valence electrons. The monoisotopic (exact) mass is 407 g/mol. The number of carbonyl (C=O) groups excluding carboxylic acids is 3. The Bertz CT molecular complexity index is 922. The maximum absolute atomic E-state index is 12.6. The van der Waals surface area contributed by atoms with Gasteiger partial charge in [-0.1, -0.05) is 50.2 Å². The lowest BCUT2D eigenvalue weighted by Gasteiger charge is -2.36. The van der Waals surface area contributed by atoms with Crippen LogP contribution in [0, 0.1) is 5.92 Å². The molecule has 0 saturated carbocycles. The molecule has 3 amide bonds. The summed E-state index contributed by atoms with van der Waals surface area (Å²) in [7, 11) is 0. The maximum Gasteiger partial charge on any atom is 0.226 e. The van der Waals surface area contributed by atoms with Crippen molar-refractivity contribution in [2.24, 2.45) is 5.92 Å². The summed E-state index contributed by atoms with van der Waals surface area (Å²) in [4.78, 5) is 38.3. The van der Waals surface area contributed by atoms with Crippen molar-refractivity contribution in [2.45, 2.75) is 46.2 Å². The first-order chi connectivity index (χ1) is 14.3. The summed E-state index contributed by atoms with van der Waals surface area (Å²) in [5, 5.41) is 5.80. The molecule has 6 heteroatoms. The van der Waals surface area contributed by atoms with Gasteiger partial charge in [0.05, 0.1) is 12.5 Å². The fourth-order valence-corrected chi connectivity index (χ4v) is 3.69. The van der Waals surface area contributed by atoms with Gasteiger partial charge in [0.15, 0.2) is 0 Å². The minimum absolute atomic E-state index is 0.0127. The normalized spacial score (nSPS) is 15.5. The molecule has 1 heterocycles. The second-order valence-electron chi connectivity index (χ2n) is 8.00. The fraction of sp³-hybridized carbons (Fsp3) is 0.375. The highest BCUT2D eigenvalue weighted by molar-refractivity contribution is 5.92. The van der Waals surface area contributed by atoms with Crippen LogP contribution in [-0.4, -0.2) is 29.2 Å². The largest absolute Gasteiger partial charge is 0.352 e. The predicted molar refractivity (Wildman–Crippen MR) is 117 cm³/mol. The maximum atomic E-state index is 12.6. The zero-order valence-corrected chi connectivity index (χ0v) is 17.8. The molecule has 0 aromatic heterocycles. The summed E-state index contributed by atoms with van der Waals surface area (Å²) in [6.45, 7) is 6.27. The van der Waals surface area contributed by atoms with Crippen molar-refractivity contribution in [1.82, 2.24) is 10.2 Å². The number of benzene rings is 2. The molecular weight excluding hydrogens is 378 g/mol. The van der Waals surface area contributed by atoms with E-state index in [9.17, 15) is 14.4 Å². The third kappa shape index (κ3) is 5.26. The molecule has 0 spiro atoms. The van der Waals surface area contributed by atoms with Gasteiger partial charge in [-0.25, -0.2) is 0 Å². The van der Waals surface area contributed by atoms with Crippen LogP contribution in [0.4, 0.5) is 5.69 Å². The summed E-state index contributed by atoms with van der Waals surface area (Å²) >= 11 is 0. The Kier molecular flexibility index (Phi) is 6.87. The highest BCUT2D eigenvalue weighted by Crippen LogP contribution is 2.32. The smallest absolute Gasteiger partial charge is 0.226 e. The van der Waals surface area contributed by atoms with E-state index in [1.807, 2.05) is 56.3 Å². The molecule has 6 nitrogen and oxygen atoms in total.